The van der Waals surface area contributed by atoms with Gasteiger partial charge in [0.2, 0.25) is 0 Å². The second kappa shape index (κ2) is 6.82. The Hall–Kier alpha value is -1.70. The van der Waals surface area contributed by atoms with E-state index in [0.29, 0.717) is 17.0 Å². The fraction of sp³-hybridized carbons (Fsp3) is 0.500. The van der Waals surface area contributed by atoms with Gasteiger partial charge >= 0.3 is 5.97 Å². The largest absolute Gasteiger partial charge is 0.480 e. The number of aromatic nitrogens is 1. The van der Waals surface area contributed by atoms with Gasteiger partial charge in [-0.3, -0.25) is 14.6 Å². The van der Waals surface area contributed by atoms with Gasteiger partial charge in [0, 0.05) is 43.2 Å². The van der Waals surface area contributed by atoms with E-state index in [0.717, 1.165) is 32.7 Å². The predicted octanol–water partition coefficient (Wildman–Crippen LogP) is 2.30. The molecule has 124 valence electrons. The number of aliphatic carboxylic acids is 1. The van der Waals surface area contributed by atoms with Gasteiger partial charge in [0.05, 0.1) is 5.69 Å². The summed E-state index contributed by atoms with van der Waals surface area (Å²) >= 11 is 1.76. The molecule has 1 aliphatic heterocycles. The molecule has 2 aromatic heterocycles. The lowest BCUT2D eigenvalue weighted by Gasteiger charge is -2.37. The molecule has 3 heterocycles. The molecule has 3 rings (SSSR count). The lowest BCUT2D eigenvalue weighted by Crippen LogP contribution is -2.49. The minimum absolute atomic E-state index is 0.593. The van der Waals surface area contributed by atoms with Crippen LogP contribution in [-0.4, -0.2) is 52.2 Å². The zero-order chi connectivity index (χ0) is 16.4. The van der Waals surface area contributed by atoms with Crippen molar-refractivity contribution in [3.63, 3.8) is 0 Å². The van der Waals surface area contributed by atoms with Crippen molar-refractivity contribution in [1.82, 2.24) is 15.0 Å². The Labute approximate surface area is 139 Å². The van der Waals surface area contributed by atoms with Crippen LogP contribution in [0, 0.1) is 13.8 Å². The van der Waals surface area contributed by atoms with Crippen molar-refractivity contribution in [2.24, 2.45) is 0 Å². The van der Waals surface area contributed by atoms with Crippen LogP contribution in [0.3, 0.4) is 0 Å². The fourth-order valence-corrected chi connectivity index (χ4v) is 3.89. The van der Waals surface area contributed by atoms with Crippen LogP contribution in [0.25, 0.3) is 0 Å². The van der Waals surface area contributed by atoms with E-state index < -0.39 is 12.0 Å². The molecule has 0 aliphatic carbocycles. The van der Waals surface area contributed by atoms with Crippen molar-refractivity contribution in [3.05, 3.63) is 39.4 Å². The van der Waals surface area contributed by atoms with Gasteiger partial charge in [-0.05, 0) is 25.3 Å². The maximum atomic E-state index is 11.8. The average Bonchev–Trinajstić information content (AvgIpc) is 3.14. The van der Waals surface area contributed by atoms with Crippen molar-refractivity contribution < 1.29 is 14.4 Å². The first-order chi connectivity index (χ1) is 11.1. The van der Waals surface area contributed by atoms with Gasteiger partial charge in [0.1, 0.15) is 11.8 Å². The van der Waals surface area contributed by atoms with E-state index in [-0.39, 0.29) is 0 Å². The van der Waals surface area contributed by atoms with Gasteiger partial charge in [0.15, 0.2) is 0 Å². The highest BCUT2D eigenvalue weighted by molar-refractivity contribution is 7.09. The Morgan fingerprint density at radius 3 is 2.65 bits per heavy atom. The summed E-state index contributed by atoms with van der Waals surface area (Å²) in [4.78, 5) is 17.5. The molecular formula is C16H21N3O3S. The molecule has 23 heavy (non-hydrogen) atoms. The summed E-state index contributed by atoms with van der Waals surface area (Å²) in [7, 11) is 0. The van der Waals surface area contributed by atoms with E-state index in [9.17, 15) is 9.90 Å². The quantitative estimate of drug-likeness (QED) is 0.904. The van der Waals surface area contributed by atoms with E-state index in [1.807, 2.05) is 4.90 Å². The molecule has 6 nitrogen and oxygen atoms in total. The average molecular weight is 335 g/mol. The number of nitrogens with zero attached hydrogens (tertiary/aromatic N) is 3. The van der Waals surface area contributed by atoms with E-state index in [1.54, 1.807) is 25.2 Å². The van der Waals surface area contributed by atoms with Gasteiger partial charge in [-0.1, -0.05) is 11.2 Å². The normalized spacial score (nSPS) is 18.2. The summed E-state index contributed by atoms with van der Waals surface area (Å²) in [6.07, 6.45) is 0. The molecular weight excluding hydrogens is 314 g/mol. The number of thiophene rings is 1. The van der Waals surface area contributed by atoms with Crippen LogP contribution in [0.15, 0.2) is 22.0 Å². The molecule has 0 bridgehead atoms. The van der Waals surface area contributed by atoms with Gasteiger partial charge < -0.3 is 9.63 Å². The minimum Gasteiger partial charge on any atom is -0.480 e. The summed E-state index contributed by atoms with van der Waals surface area (Å²) in [6, 6.07) is 3.53. The first-order valence-corrected chi connectivity index (χ1v) is 8.58. The molecule has 1 fully saturated rings. The highest BCUT2D eigenvalue weighted by Gasteiger charge is 2.34. The monoisotopic (exact) mass is 335 g/mol. The smallest absolute Gasteiger partial charge is 0.325 e. The fourth-order valence-electron chi connectivity index (χ4n) is 3.15. The molecule has 0 saturated carbocycles. The molecule has 0 aromatic carbocycles. The van der Waals surface area contributed by atoms with Gasteiger partial charge in [-0.2, -0.15) is 0 Å². The maximum Gasteiger partial charge on any atom is 0.325 e. The van der Waals surface area contributed by atoms with Gasteiger partial charge in [-0.25, -0.2) is 0 Å². The first-order valence-electron chi connectivity index (χ1n) is 7.70. The zero-order valence-electron chi connectivity index (χ0n) is 13.4. The number of hydrogen-bond acceptors (Lipinski definition) is 6. The molecule has 0 radical (unpaired) electrons. The molecule has 1 atom stereocenters. The van der Waals surface area contributed by atoms with Crippen LogP contribution in [0.5, 0.6) is 0 Å². The number of carboxylic acids is 1. The predicted molar refractivity (Wildman–Crippen MR) is 87.5 cm³/mol. The highest BCUT2D eigenvalue weighted by Crippen LogP contribution is 2.28. The lowest BCUT2D eigenvalue weighted by atomic mass is 10.0. The van der Waals surface area contributed by atoms with E-state index in [1.165, 1.54) is 4.88 Å². The van der Waals surface area contributed by atoms with Crippen LogP contribution in [0.2, 0.25) is 0 Å². The van der Waals surface area contributed by atoms with Crippen LogP contribution in [0.4, 0.5) is 0 Å². The number of aryl methyl sites for hydroxylation is 2. The number of carboxylic acid groups (broad SMARTS) is 1. The topological polar surface area (TPSA) is 69.8 Å². The number of hydrogen-bond donors (Lipinski definition) is 1. The van der Waals surface area contributed by atoms with Crippen LogP contribution < -0.4 is 0 Å². The third-order valence-corrected chi connectivity index (χ3v) is 5.19. The number of carbonyl (C=O) groups is 1. The summed E-state index contributed by atoms with van der Waals surface area (Å²) in [5, 5.41) is 15.7. The third kappa shape index (κ3) is 3.46. The molecule has 1 N–H and O–H groups in total. The molecule has 0 spiro atoms. The van der Waals surface area contributed by atoms with Crippen molar-refractivity contribution in [2.75, 3.05) is 26.2 Å². The Kier molecular flexibility index (Phi) is 4.79. The van der Waals surface area contributed by atoms with E-state index >= 15 is 0 Å². The molecule has 7 heteroatoms. The summed E-state index contributed by atoms with van der Waals surface area (Å²) in [5.74, 6) is -0.248. The Balaban J connectivity index is 1.68. The Morgan fingerprint density at radius 1 is 1.39 bits per heavy atom. The number of rotatable bonds is 5. The van der Waals surface area contributed by atoms with Crippen LogP contribution >= 0.6 is 11.3 Å². The maximum absolute atomic E-state index is 11.8. The molecule has 2 aromatic rings. The van der Waals surface area contributed by atoms with Crippen molar-refractivity contribution in [1.29, 1.82) is 0 Å². The number of piperazine rings is 1. The van der Waals surface area contributed by atoms with Crippen molar-refractivity contribution >= 4 is 17.3 Å². The second-order valence-electron chi connectivity index (χ2n) is 5.87. The van der Waals surface area contributed by atoms with Crippen molar-refractivity contribution in [3.8, 4) is 0 Å². The zero-order valence-corrected chi connectivity index (χ0v) is 14.2. The van der Waals surface area contributed by atoms with E-state index in [4.69, 9.17) is 4.52 Å². The van der Waals surface area contributed by atoms with Crippen molar-refractivity contribution in [2.45, 2.75) is 26.4 Å². The summed E-state index contributed by atoms with van der Waals surface area (Å²) in [6.45, 7) is 7.70. The van der Waals surface area contributed by atoms with Gasteiger partial charge in [-0.15, -0.1) is 11.3 Å². The molecule has 1 saturated heterocycles. The summed E-state index contributed by atoms with van der Waals surface area (Å²) in [5.41, 5.74) is 1.36. The first kappa shape index (κ1) is 16.2. The second-order valence-corrected chi connectivity index (χ2v) is 6.90. The highest BCUT2D eigenvalue weighted by atomic mass is 32.1. The third-order valence-electron chi connectivity index (χ3n) is 4.33. The molecule has 1 aliphatic rings. The standard InChI is InChI=1S/C16H21N3O3S/c1-11-14(12(2)22-17-11)15(16(20)21)19-7-5-18(6-8-19)10-13-4-3-9-23-13/h3-4,9,15H,5-8,10H2,1-2H3,(H,20,21). The molecule has 0 amide bonds. The Morgan fingerprint density at radius 2 is 2.13 bits per heavy atom. The lowest BCUT2D eigenvalue weighted by molar-refractivity contribution is -0.144. The van der Waals surface area contributed by atoms with Gasteiger partial charge in [0.25, 0.3) is 0 Å². The van der Waals surface area contributed by atoms with Crippen LogP contribution in [0.1, 0.15) is 27.9 Å². The minimum atomic E-state index is -0.842. The van der Waals surface area contributed by atoms with Crippen LogP contribution in [-0.2, 0) is 11.3 Å². The summed E-state index contributed by atoms with van der Waals surface area (Å²) < 4.78 is 5.16. The Bertz CT molecular complexity index is 641. The van der Waals surface area contributed by atoms with E-state index in [2.05, 4.69) is 27.6 Å². The SMILES string of the molecule is Cc1noc(C)c1C(C(=O)O)N1CCN(Cc2cccs2)CC1. The molecule has 1 unspecified atom stereocenters.